The van der Waals surface area contributed by atoms with Crippen LogP contribution in [0.5, 0.6) is 0 Å². The SMILES string of the molecule is COC(=O)/C=C(/C)Nc1cccc(N/C(C)=C\C(=O)O)c1. The number of carbonyl (C=O) groups excluding carboxylic acids is 1. The van der Waals surface area contributed by atoms with Crippen LogP contribution in [0.1, 0.15) is 13.8 Å². The van der Waals surface area contributed by atoms with E-state index in [2.05, 4.69) is 15.4 Å². The number of ether oxygens (including phenoxy) is 1. The molecule has 0 aliphatic rings. The predicted molar refractivity (Wildman–Crippen MR) is 80.9 cm³/mol. The predicted octanol–water partition coefficient (Wildman–Crippen LogP) is 2.58. The Morgan fingerprint density at radius 1 is 1.10 bits per heavy atom. The Hall–Kier alpha value is -2.76. The summed E-state index contributed by atoms with van der Waals surface area (Å²) in [7, 11) is 1.31. The van der Waals surface area contributed by atoms with E-state index in [1.54, 1.807) is 19.9 Å². The molecule has 0 unspecified atom stereocenters. The molecule has 0 bridgehead atoms. The molecule has 0 saturated heterocycles. The number of anilines is 2. The summed E-state index contributed by atoms with van der Waals surface area (Å²) in [4.78, 5) is 21.7. The van der Waals surface area contributed by atoms with Crippen molar-refractivity contribution in [1.29, 1.82) is 0 Å². The third-order valence-electron chi connectivity index (χ3n) is 2.42. The molecular formula is C15H18N2O4. The molecule has 112 valence electrons. The van der Waals surface area contributed by atoms with Crippen molar-refractivity contribution in [1.82, 2.24) is 0 Å². The van der Waals surface area contributed by atoms with Crippen molar-refractivity contribution in [3.63, 3.8) is 0 Å². The molecule has 0 heterocycles. The van der Waals surface area contributed by atoms with E-state index in [9.17, 15) is 9.59 Å². The van der Waals surface area contributed by atoms with Crippen LogP contribution in [0, 0.1) is 0 Å². The van der Waals surface area contributed by atoms with Crippen LogP contribution in [0.3, 0.4) is 0 Å². The molecule has 0 aromatic heterocycles. The largest absolute Gasteiger partial charge is 0.478 e. The molecule has 6 nitrogen and oxygen atoms in total. The second-order valence-corrected chi connectivity index (χ2v) is 4.35. The summed E-state index contributed by atoms with van der Waals surface area (Å²) in [6, 6.07) is 7.25. The lowest BCUT2D eigenvalue weighted by Crippen LogP contribution is -2.03. The average molecular weight is 290 g/mol. The highest BCUT2D eigenvalue weighted by Gasteiger charge is 2.00. The van der Waals surface area contributed by atoms with E-state index in [0.29, 0.717) is 11.4 Å². The fourth-order valence-electron chi connectivity index (χ4n) is 1.62. The first-order chi connectivity index (χ1) is 9.90. The highest BCUT2D eigenvalue weighted by atomic mass is 16.5. The molecule has 0 amide bonds. The third kappa shape index (κ3) is 6.29. The number of carbonyl (C=O) groups is 2. The highest BCUT2D eigenvalue weighted by molar-refractivity contribution is 5.83. The molecule has 21 heavy (non-hydrogen) atoms. The lowest BCUT2D eigenvalue weighted by atomic mass is 10.2. The first-order valence-electron chi connectivity index (χ1n) is 6.22. The number of rotatable bonds is 6. The van der Waals surface area contributed by atoms with Crippen molar-refractivity contribution >= 4 is 23.3 Å². The van der Waals surface area contributed by atoms with Gasteiger partial charge in [-0.25, -0.2) is 9.59 Å². The number of carboxylic acids is 1. The minimum absolute atomic E-state index is 0.436. The van der Waals surface area contributed by atoms with E-state index in [1.807, 2.05) is 18.2 Å². The van der Waals surface area contributed by atoms with Gasteiger partial charge in [-0.15, -0.1) is 0 Å². The molecule has 0 radical (unpaired) electrons. The summed E-state index contributed by atoms with van der Waals surface area (Å²) >= 11 is 0. The summed E-state index contributed by atoms with van der Waals surface area (Å²) in [5.74, 6) is -1.44. The van der Waals surface area contributed by atoms with Crippen LogP contribution in [0.4, 0.5) is 11.4 Å². The normalized spacial score (nSPS) is 11.8. The Labute approximate surface area is 123 Å². The van der Waals surface area contributed by atoms with E-state index in [1.165, 1.54) is 13.2 Å². The number of hydrogen-bond donors (Lipinski definition) is 3. The van der Waals surface area contributed by atoms with Crippen LogP contribution in [-0.2, 0) is 14.3 Å². The van der Waals surface area contributed by atoms with Crippen LogP contribution in [-0.4, -0.2) is 24.2 Å². The van der Waals surface area contributed by atoms with E-state index in [0.717, 1.165) is 17.5 Å². The zero-order valence-electron chi connectivity index (χ0n) is 12.1. The smallest absolute Gasteiger partial charge is 0.332 e. The molecule has 0 fully saturated rings. The molecule has 0 aliphatic heterocycles. The quantitative estimate of drug-likeness (QED) is 0.551. The monoisotopic (exact) mass is 290 g/mol. The van der Waals surface area contributed by atoms with Gasteiger partial charge in [0.25, 0.3) is 0 Å². The maximum absolute atomic E-state index is 11.1. The van der Waals surface area contributed by atoms with Crippen molar-refractivity contribution in [3.05, 3.63) is 47.8 Å². The minimum atomic E-state index is -1.01. The summed E-state index contributed by atoms with van der Waals surface area (Å²) in [5.41, 5.74) is 2.65. The number of benzene rings is 1. The number of aliphatic carboxylic acids is 1. The second kappa shape index (κ2) is 7.74. The van der Waals surface area contributed by atoms with Gasteiger partial charge in [0.1, 0.15) is 0 Å². The highest BCUT2D eigenvalue weighted by Crippen LogP contribution is 2.18. The molecule has 0 aliphatic carbocycles. The third-order valence-corrected chi connectivity index (χ3v) is 2.42. The van der Waals surface area contributed by atoms with Gasteiger partial charge >= 0.3 is 11.9 Å². The fraction of sp³-hybridized carbons (Fsp3) is 0.200. The van der Waals surface area contributed by atoms with Gasteiger partial charge in [-0.2, -0.15) is 0 Å². The Balaban J connectivity index is 2.79. The first kappa shape index (κ1) is 16.3. The van der Waals surface area contributed by atoms with E-state index < -0.39 is 11.9 Å². The second-order valence-electron chi connectivity index (χ2n) is 4.35. The van der Waals surface area contributed by atoms with Gasteiger partial charge in [0.05, 0.1) is 7.11 Å². The van der Waals surface area contributed by atoms with Crippen LogP contribution < -0.4 is 10.6 Å². The Bertz CT molecular complexity index is 591. The van der Waals surface area contributed by atoms with Gasteiger partial charge in [-0.3, -0.25) is 0 Å². The van der Waals surface area contributed by atoms with Gasteiger partial charge in [0, 0.05) is 34.9 Å². The van der Waals surface area contributed by atoms with E-state index in [-0.39, 0.29) is 0 Å². The number of allylic oxidation sites excluding steroid dienone is 2. The molecule has 0 atom stereocenters. The average Bonchev–Trinajstić information content (AvgIpc) is 2.37. The van der Waals surface area contributed by atoms with Gasteiger partial charge < -0.3 is 20.5 Å². The zero-order chi connectivity index (χ0) is 15.8. The molecule has 1 aromatic rings. The summed E-state index contributed by atoms with van der Waals surface area (Å²) < 4.78 is 4.54. The van der Waals surface area contributed by atoms with Gasteiger partial charge in [-0.05, 0) is 32.0 Å². The van der Waals surface area contributed by atoms with Crippen molar-refractivity contribution in [2.45, 2.75) is 13.8 Å². The van der Waals surface area contributed by atoms with E-state index in [4.69, 9.17) is 5.11 Å². The molecule has 1 aromatic carbocycles. The maximum Gasteiger partial charge on any atom is 0.332 e. The van der Waals surface area contributed by atoms with Crippen LogP contribution >= 0.6 is 0 Å². The molecule has 3 N–H and O–H groups in total. The molecule has 0 spiro atoms. The van der Waals surface area contributed by atoms with Gasteiger partial charge in [0.2, 0.25) is 0 Å². The number of methoxy groups -OCH3 is 1. The van der Waals surface area contributed by atoms with Crippen molar-refractivity contribution in [2.75, 3.05) is 17.7 Å². The number of hydrogen-bond acceptors (Lipinski definition) is 5. The first-order valence-corrected chi connectivity index (χ1v) is 6.22. The molecule has 1 rings (SSSR count). The molecule has 6 heteroatoms. The van der Waals surface area contributed by atoms with Crippen molar-refractivity contribution in [2.24, 2.45) is 0 Å². The number of carboxylic acid groups (broad SMARTS) is 1. The lowest BCUT2D eigenvalue weighted by Gasteiger charge is -2.10. The van der Waals surface area contributed by atoms with Crippen molar-refractivity contribution in [3.8, 4) is 0 Å². The molecular weight excluding hydrogens is 272 g/mol. The maximum atomic E-state index is 11.1. The minimum Gasteiger partial charge on any atom is -0.478 e. The fourth-order valence-corrected chi connectivity index (χ4v) is 1.62. The summed E-state index contributed by atoms with van der Waals surface area (Å²) in [6.07, 6.45) is 2.43. The van der Waals surface area contributed by atoms with Crippen molar-refractivity contribution < 1.29 is 19.4 Å². The molecule has 0 saturated carbocycles. The van der Waals surface area contributed by atoms with Gasteiger partial charge in [0.15, 0.2) is 0 Å². The number of esters is 1. The standard InChI is InChI=1S/C15H18N2O4/c1-10(7-14(18)19)16-12-5-4-6-13(9-12)17-11(2)8-15(20)21-3/h4-9,16-17H,1-3H3,(H,18,19)/b10-7-,11-8-. The van der Waals surface area contributed by atoms with Crippen LogP contribution in [0.2, 0.25) is 0 Å². The number of nitrogens with one attached hydrogen (secondary N) is 2. The Morgan fingerprint density at radius 2 is 1.62 bits per heavy atom. The van der Waals surface area contributed by atoms with E-state index >= 15 is 0 Å². The van der Waals surface area contributed by atoms with Crippen LogP contribution in [0.25, 0.3) is 0 Å². The van der Waals surface area contributed by atoms with Crippen LogP contribution in [0.15, 0.2) is 47.8 Å². The Kier molecular flexibility index (Phi) is 6.00. The zero-order valence-corrected chi connectivity index (χ0v) is 12.1. The Morgan fingerprint density at radius 3 is 2.10 bits per heavy atom. The lowest BCUT2D eigenvalue weighted by molar-refractivity contribution is -0.135. The van der Waals surface area contributed by atoms with Gasteiger partial charge in [-0.1, -0.05) is 6.07 Å². The summed E-state index contributed by atoms with van der Waals surface area (Å²) in [5, 5.41) is 14.7. The topological polar surface area (TPSA) is 87.7 Å². The summed E-state index contributed by atoms with van der Waals surface area (Å²) in [6.45, 7) is 3.41.